The van der Waals surface area contributed by atoms with Gasteiger partial charge in [-0.3, -0.25) is 9.59 Å². The van der Waals surface area contributed by atoms with Gasteiger partial charge in [-0.1, -0.05) is 0 Å². The number of carboxylic acid groups (broad SMARTS) is 1. The van der Waals surface area contributed by atoms with Crippen LogP contribution in [-0.2, 0) is 24.9 Å². The first kappa shape index (κ1) is 24.3. The van der Waals surface area contributed by atoms with Crippen LogP contribution in [0.25, 0.3) is 0 Å². The molecule has 0 saturated heterocycles. The summed E-state index contributed by atoms with van der Waals surface area (Å²) in [5.74, 6) is -4.04. The van der Waals surface area contributed by atoms with Crippen LogP contribution in [0.3, 0.4) is 0 Å². The molecule has 0 spiro atoms. The molecule has 170 valence electrons. The van der Waals surface area contributed by atoms with Gasteiger partial charge in [-0.15, -0.1) is 0 Å². The maximum absolute atomic E-state index is 12.8. The Bertz CT molecular complexity index is 874. The Balaban J connectivity index is 2.45. The Morgan fingerprint density at radius 1 is 1.42 bits per heavy atom. The van der Waals surface area contributed by atoms with E-state index in [4.69, 9.17) is 14.6 Å². The number of hydrogen-bond donors (Lipinski definition) is 4. The van der Waals surface area contributed by atoms with Crippen molar-refractivity contribution < 1.29 is 44.0 Å². The topological polar surface area (TPSA) is 174 Å². The van der Waals surface area contributed by atoms with Gasteiger partial charge in [-0.2, -0.15) is 11.8 Å². The summed E-state index contributed by atoms with van der Waals surface area (Å²) in [5.41, 5.74) is 0.633. The summed E-state index contributed by atoms with van der Waals surface area (Å²) in [5, 5.41) is 35.2. The van der Waals surface area contributed by atoms with Crippen LogP contribution in [0.5, 0.6) is 11.5 Å². The zero-order valence-corrected chi connectivity index (χ0v) is 17.7. The quantitative estimate of drug-likeness (QED) is 0.371. The Morgan fingerprint density at radius 2 is 2.13 bits per heavy atom. The zero-order chi connectivity index (χ0) is 23.1. The first-order chi connectivity index (χ1) is 14.7. The highest BCUT2D eigenvalue weighted by molar-refractivity contribution is 7.98. The zero-order valence-electron chi connectivity index (χ0n) is 16.9. The van der Waals surface area contributed by atoms with Crippen LogP contribution in [0.1, 0.15) is 27.9 Å². The second-order valence-electron chi connectivity index (χ2n) is 6.66. The van der Waals surface area contributed by atoms with Gasteiger partial charge in [-0.25, -0.2) is 4.79 Å². The Labute approximate surface area is 182 Å². The number of aliphatic hydroxyl groups excluding tert-OH is 1. The molecule has 0 saturated carbocycles. The number of benzene rings is 1. The molecule has 31 heavy (non-hydrogen) atoms. The highest BCUT2D eigenvalue weighted by Crippen LogP contribution is 2.35. The number of cyclic esters (lactones) is 1. The van der Waals surface area contributed by atoms with E-state index in [-0.39, 0.29) is 40.6 Å². The molecular formula is C19H23N2O9S-. The molecule has 0 unspecified atom stereocenters. The van der Waals surface area contributed by atoms with Gasteiger partial charge < -0.3 is 40.2 Å². The molecule has 11 nitrogen and oxygen atoms in total. The number of carbonyl (C=O) groups is 4. The average molecular weight is 455 g/mol. The van der Waals surface area contributed by atoms with E-state index < -0.39 is 49.1 Å². The standard InChI is InChI=1S/C19H24N2O9S/c1-9-14(29-2)5-13(23)10-7-31-8-12(18(26)27)21-17(25)11(20-15(24)3-4-22)6-30-19(28)16(9)10/h5,11-12,22-23H,3-4,6-8H2,1-2H3,(H,20,24)(H,21,25)(H,26,27)/p-1/t11-,12-/m0/s1. The highest BCUT2D eigenvalue weighted by Gasteiger charge is 2.29. The van der Waals surface area contributed by atoms with Gasteiger partial charge in [0.2, 0.25) is 11.8 Å². The number of hydrogen-bond acceptors (Lipinski definition) is 10. The summed E-state index contributed by atoms with van der Waals surface area (Å²) >= 11 is 1.05. The number of rotatable bonds is 5. The number of esters is 1. The summed E-state index contributed by atoms with van der Waals surface area (Å²) in [4.78, 5) is 48.6. The molecule has 4 N–H and O–H groups in total. The van der Waals surface area contributed by atoms with E-state index in [1.807, 2.05) is 0 Å². The summed E-state index contributed by atoms with van der Waals surface area (Å²) in [6, 6.07) is -1.46. The second kappa shape index (κ2) is 10.9. The summed E-state index contributed by atoms with van der Waals surface area (Å²) < 4.78 is 10.4. The number of phenols is 1. The third-order valence-electron chi connectivity index (χ3n) is 4.55. The van der Waals surface area contributed by atoms with E-state index in [9.17, 15) is 29.4 Å². The van der Waals surface area contributed by atoms with Crippen molar-refractivity contribution in [1.82, 2.24) is 10.6 Å². The van der Waals surface area contributed by atoms with Crippen molar-refractivity contribution in [2.75, 3.05) is 26.1 Å². The third kappa shape index (κ3) is 6.01. The number of aliphatic hydroxyl groups is 1. The lowest BCUT2D eigenvalue weighted by atomic mass is 10.0. The van der Waals surface area contributed by atoms with Crippen LogP contribution in [0, 0.1) is 6.92 Å². The lowest BCUT2D eigenvalue weighted by Crippen LogP contribution is -2.56. The number of aromatic hydroxyl groups is 1. The predicted octanol–water partition coefficient (Wildman–Crippen LogP) is -1.79. The predicted molar refractivity (Wildman–Crippen MR) is 106 cm³/mol. The van der Waals surface area contributed by atoms with Crippen LogP contribution in [0.4, 0.5) is 0 Å². The van der Waals surface area contributed by atoms with E-state index >= 15 is 0 Å². The van der Waals surface area contributed by atoms with Crippen molar-refractivity contribution in [2.45, 2.75) is 31.2 Å². The van der Waals surface area contributed by atoms with E-state index in [1.165, 1.54) is 13.2 Å². The van der Waals surface area contributed by atoms with Gasteiger partial charge in [0.05, 0.1) is 31.3 Å². The summed E-state index contributed by atoms with van der Waals surface area (Å²) in [6.07, 6.45) is -0.301. The minimum absolute atomic E-state index is 0.0239. The number of thioether (sulfide) groups is 1. The molecule has 2 rings (SSSR count). The second-order valence-corrected chi connectivity index (χ2v) is 7.69. The number of fused-ring (bicyclic) bond motifs is 1. The van der Waals surface area contributed by atoms with Crippen molar-refractivity contribution >= 4 is 35.5 Å². The highest BCUT2D eigenvalue weighted by atomic mass is 32.2. The SMILES string of the molecule is COc1cc(O)c2c(c1C)C(=O)OC[C@H](NC(=O)CCO)C(=O)N[C@H](C(=O)[O-])CSC2. The fraction of sp³-hybridized carbons (Fsp3) is 0.474. The van der Waals surface area contributed by atoms with Gasteiger partial charge in [0, 0.05) is 35.1 Å². The van der Waals surface area contributed by atoms with Crippen LogP contribution < -0.4 is 20.5 Å². The van der Waals surface area contributed by atoms with Gasteiger partial charge in [0.25, 0.3) is 0 Å². The summed E-state index contributed by atoms with van der Waals surface area (Å²) in [6.45, 7) is 0.515. The number of carbonyl (C=O) groups excluding carboxylic acids is 4. The largest absolute Gasteiger partial charge is 0.548 e. The first-order valence-electron chi connectivity index (χ1n) is 9.25. The van der Waals surface area contributed by atoms with E-state index in [0.29, 0.717) is 5.56 Å². The number of carboxylic acids is 1. The molecule has 1 aromatic carbocycles. The summed E-state index contributed by atoms with van der Waals surface area (Å²) in [7, 11) is 1.37. The molecule has 1 aliphatic rings. The van der Waals surface area contributed by atoms with Crippen LogP contribution in [0.2, 0.25) is 0 Å². The number of ether oxygens (including phenoxy) is 2. The molecule has 0 radical (unpaired) electrons. The minimum atomic E-state index is -1.54. The number of aliphatic carboxylic acids is 1. The molecule has 2 amide bonds. The first-order valence-corrected chi connectivity index (χ1v) is 10.4. The molecule has 1 heterocycles. The van der Waals surface area contributed by atoms with Crippen molar-refractivity contribution in [3.63, 3.8) is 0 Å². The fourth-order valence-electron chi connectivity index (χ4n) is 2.93. The van der Waals surface area contributed by atoms with Gasteiger partial charge >= 0.3 is 5.97 Å². The molecule has 0 aromatic heterocycles. The molecule has 12 heteroatoms. The monoisotopic (exact) mass is 455 g/mol. The lowest BCUT2D eigenvalue weighted by Gasteiger charge is -2.25. The molecule has 0 fully saturated rings. The maximum Gasteiger partial charge on any atom is 0.339 e. The molecular weight excluding hydrogens is 432 g/mol. The Hall–Kier alpha value is -2.99. The van der Waals surface area contributed by atoms with E-state index in [2.05, 4.69) is 10.6 Å². The van der Waals surface area contributed by atoms with Crippen LogP contribution >= 0.6 is 11.8 Å². The number of methoxy groups -OCH3 is 1. The number of amides is 2. The van der Waals surface area contributed by atoms with Crippen LogP contribution in [-0.4, -0.2) is 72.1 Å². The molecule has 1 aliphatic heterocycles. The molecule has 0 bridgehead atoms. The van der Waals surface area contributed by atoms with Crippen molar-refractivity contribution in [2.24, 2.45) is 0 Å². The van der Waals surface area contributed by atoms with Crippen molar-refractivity contribution in [3.8, 4) is 11.5 Å². The van der Waals surface area contributed by atoms with E-state index in [1.54, 1.807) is 6.92 Å². The minimum Gasteiger partial charge on any atom is -0.548 e. The molecule has 0 aliphatic carbocycles. The van der Waals surface area contributed by atoms with Gasteiger partial charge in [-0.05, 0) is 6.92 Å². The smallest absolute Gasteiger partial charge is 0.339 e. The normalized spacial score (nSPS) is 19.7. The average Bonchev–Trinajstić information content (AvgIpc) is 2.71. The molecule has 1 aromatic rings. The maximum atomic E-state index is 12.8. The molecule has 2 atom stereocenters. The number of phenolic OH excluding ortho intramolecular Hbond substituents is 1. The number of nitrogens with one attached hydrogen (secondary N) is 2. The van der Waals surface area contributed by atoms with Crippen molar-refractivity contribution in [3.05, 3.63) is 22.8 Å². The Morgan fingerprint density at radius 3 is 2.74 bits per heavy atom. The van der Waals surface area contributed by atoms with Gasteiger partial charge in [0.1, 0.15) is 24.1 Å². The fourth-order valence-corrected chi connectivity index (χ4v) is 4.00. The lowest BCUT2D eigenvalue weighted by molar-refractivity contribution is -0.307. The van der Waals surface area contributed by atoms with Crippen molar-refractivity contribution in [1.29, 1.82) is 0 Å². The Kier molecular flexibility index (Phi) is 8.51. The van der Waals surface area contributed by atoms with Gasteiger partial charge in [0.15, 0.2) is 0 Å². The van der Waals surface area contributed by atoms with Crippen LogP contribution in [0.15, 0.2) is 6.07 Å². The third-order valence-corrected chi connectivity index (χ3v) is 5.61. The van der Waals surface area contributed by atoms with E-state index in [0.717, 1.165) is 11.8 Å².